The summed E-state index contributed by atoms with van der Waals surface area (Å²) in [7, 11) is 2.46. The SMILES string of the molecule is COC(=O)/C=C(/Nc1c(C)ccc2nsnc12)C(=O)OC. The average Bonchev–Trinajstić information content (AvgIpc) is 2.96. The number of ether oxygens (including phenoxy) is 2. The molecule has 0 amide bonds. The molecule has 1 aromatic heterocycles. The maximum absolute atomic E-state index is 11.8. The highest BCUT2D eigenvalue weighted by molar-refractivity contribution is 7.00. The molecule has 0 aliphatic rings. The van der Waals surface area contributed by atoms with E-state index in [0.717, 1.165) is 23.4 Å². The molecule has 0 atom stereocenters. The number of aromatic nitrogens is 2. The lowest BCUT2D eigenvalue weighted by atomic mass is 10.1. The largest absolute Gasteiger partial charge is 0.466 e. The summed E-state index contributed by atoms with van der Waals surface area (Å²) >= 11 is 1.07. The number of nitrogens with one attached hydrogen (secondary N) is 1. The Morgan fingerprint density at radius 3 is 2.67 bits per heavy atom. The number of benzene rings is 1. The average molecular weight is 307 g/mol. The van der Waals surface area contributed by atoms with Crippen molar-refractivity contribution in [2.24, 2.45) is 0 Å². The van der Waals surface area contributed by atoms with E-state index in [9.17, 15) is 9.59 Å². The molecule has 0 saturated heterocycles. The molecule has 0 radical (unpaired) electrons. The number of carbonyl (C=O) groups is 2. The van der Waals surface area contributed by atoms with E-state index in [0.29, 0.717) is 16.7 Å². The van der Waals surface area contributed by atoms with Gasteiger partial charge < -0.3 is 14.8 Å². The second kappa shape index (κ2) is 6.31. The maximum atomic E-state index is 11.8. The van der Waals surface area contributed by atoms with Crippen LogP contribution in [0.2, 0.25) is 0 Å². The summed E-state index contributed by atoms with van der Waals surface area (Å²) in [4.78, 5) is 23.1. The summed E-state index contributed by atoms with van der Waals surface area (Å²) in [6.45, 7) is 1.86. The number of hydrogen-bond acceptors (Lipinski definition) is 8. The fourth-order valence-electron chi connectivity index (χ4n) is 1.68. The predicted octanol–water partition coefficient (Wildman–Crippen LogP) is 1.64. The van der Waals surface area contributed by atoms with Crippen molar-refractivity contribution in [2.75, 3.05) is 19.5 Å². The Hall–Kier alpha value is -2.48. The van der Waals surface area contributed by atoms with E-state index in [1.807, 2.05) is 19.1 Å². The van der Waals surface area contributed by atoms with Gasteiger partial charge in [0.2, 0.25) is 0 Å². The standard InChI is InChI=1S/C13H13N3O4S/c1-7-4-5-8-12(16-21-15-8)11(7)14-9(13(18)20-3)6-10(17)19-2/h4-6,14H,1-3H3/b9-6+. The van der Waals surface area contributed by atoms with E-state index in [-0.39, 0.29) is 5.70 Å². The minimum absolute atomic E-state index is 0.0343. The summed E-state index contributed by atoms with van der Waals surface area (Å²) in [6.07, 6.45) is 1.03. The Morgan fingerprint density at radius 1 is 1.24 bits per heavy atom. The van der Waals surface area contributed by atoms with Crippen LogP contribution in [0.3, 0.4) is 0 Å². The lowest BCUT2D eigenvalue weighted by Gasteiger charge is -2.11. The molecule has 0 bridgehead atoms. The zero-order valence-electron chi connectivity index (χ0n) is 11.7. The van der Waals surface area contributed by atoms with Crippen LogP contribution in [0, 0.1) is 6.92 Å². The van der Waals surface area contributed by atoms with Crippen molar-refractivity contribution in [1.82, 2.24) is 8.75 Å². The third-order valence-corrected chi connectivity index (χ3v) is 3.31. The van der Waals surface area contributed by atoms with Crippen molar-refractivity contribution in [1.29, 1.82) is 0 Å². The van der Waals surface area contributed by atoms with Gasteiger partial charge in [0.25, 0.3) is 0 Å². The van der Waals surface area contributed by atoms with Crippen molar-refractivity contribution >= 4 is 40.4 Å². The van der Waals surface area contributed by atoms with Crippen molar-refractivity contribution < 1.29 is 19.1 Å². The fraction of sp³-hybridized carbons (Fsp3) is 0.231. The van der Waals surface area contributed by atoms with Crippen LogP contribution in [-0.4, -0.2) is 34.9 Å². The van der Waals surface area contributed by atoms with E-state index in [1.54, 1.807) is 0 Å². The number of carbonyl (C=O) groups excluding carboxylic acids is 2. The first-order chi connectivity index (χ1) is 10.1. The molecule has 1 heterocycles. The molecule has 21 heavy (non-hydrogen) atoms. The summed E-state index contributed by atoms with van der Waals surface area (Å²) in [5, 5.41) is 2.88. The van der Waals surface area contributed by atoms with Crippen LogP contribution in [-0.2, 0) is 19.1 Å². The monoisotopic (exact) mass is 307 g/mol. The Morgan fingerprint density at radius 2 is 2.00 bits per heavy atom. The Bertz CT molecular complexity index is 723. The van der Waals surface area contributed by atoms with Gasteiger partial charge in [-0.3, -0.25) is 0 Å². The molecule has 8 heteroatoms. The maximum Gasteiger partial charge on any atom is 0.354 e. The van der Waals surface area contributed by atoms with Crippen LogP contribution in [0.25, 0.3) is 11.0 Å². The lowest BCUT2D eigenvalue weighted by Crippen LogP contribution is -2.16. The van der Waals surface area contributed by atoms with Gasteiger partial charge in [-0.2, -0.15) is 8.75 Å². The number of hydrogen-bond donors (Lipinski definition) is 1. The van der Waals surface area contributed by atoms with E-state index in [1.165, 1.54) is 14.2 Å². The minimum atomic E-state index is -0.681. The predicted molar refractivity (Wildman–Crippen MR) is 77.9 cm³/mol. The smallest absolute Gasteiger partial charge is 0.354 e. The molecule has 0 aliphatic heterocycles. The highest BCUT2D eigenvalue weighted by Crippen LogP contribution is 2.27. The van der Waals surface area contributed by atoms with Crippen LogP contribution in [0.4, 0.5) is 5.69 Å². The van der Waals surface area contributed by atoms with Gasteiger partial charge in [0.1, 0.15) is 16.7 Å². The third kappa shape index (κ3) is 3.16. The Balaban J connectivity index is 2.46. The third-order valence-electron chi connectivity index (χ3n) is 2.76. The number of esters is 2. The van der Waals surface area contributed by atoms with Crippen LogP contribution in [0.1, 0.15) is 5.56 Å². The highest BCUT2D eigenvalue weighted by Gasteiger charge is 2.16. The van der Waals surface area contributed by atoms with Gasteiger partial charge in [0.15, 0.2) is 0 Å². The number of rotatable bonds is 4. The van der Waals surface area contributed by atoms with Crippen molar-refractivity contribution in [2.45, 2.75) is 6.92 Å². The molecule has 0 spiro atoms. The van der Waals surface area contributed by atoms with E-state index in [4.69, 9.17) is 0 Å². The molecule has 0 unspecified atom stereocenters. The van der Waals surface area contributed by atoms with Gasteiger partial charge in [-0.25, -0.2) is 9.59 Å². The molecular formula is C13H13N3O4S. The van der Waals surface area contributed by atoms with E-state index in [2.05, 4.69) is 23.5 Å². The van der Waals surface area contributed by atoms with Gasteiger partial charge in [-0.05, 0) is 18.6 Å². The van der Waals surface area contributed by atoms with Crippen LogP contribution in [0.15, 0.2) is 23.9 Å². The molecule has 0 fully saturated rings. The number of anilines is 1. The van der Waals surface area contributed by atoms with Gasteiger partial charge >= 0.3 is 11.9 Å². The Kier molecular flexibility index (Phi) is 4.49. The second-order valence-electron chi connectivity index (χ2n) is 4.09. The number of aryl methyl sites for hydroxylation is 1. The number of fused-ring (bicyclic) bond motifs is 1. The van der Waals surface area contributed by atoms with Crippen molar-refractivity contribution in [3.63, 3.8) is 0 Å². The van der Waals surface area contributed by atoms with Crippen LogP contribution < -0.4 is 5.32 Å². The van der Waals surface area contributed by atoms with Crippen molar-refractivity contribution in [3.8, 4) is 0 Å². The topological polar surface area (TPSA) is 90.4 Å². The lowest BCUT2D eigenvalue weighted by molar-refractivity contribution is -0.138. The first kappa shape index (κ1) is 14.9. The molecule has 7 nitrogen and oxygen atoms in total. The summed E-state index contributed by atoms with van der Waals surface area (Å²) in [5.41, 5.74) is 2.75. The molecule has 2 aromatic rings. The van der Waals surface area contributed by atoms with E-state index < -0.39 is 11.9 Å². The highest BCUT2D eigenvalue weighted by atomic mass is 32.1. The Labute approximate surface area is 124 Å². The zero-order chi connectivity index (χ0) is 15.4. The normalized spacial score (nSPS) is 11.3. The zero-order valence-corrected chi connectivity index (χ0v) is 12.5. The summed E-state index contributed by atoms with van der Waals surface area (Å²) in [5.74, 6) is -1.34. The fourth-order valence-corrected chi connectivity index (χ4v) is 2.22. The summed E-state index contributed by atoms with van der Waals surface area (Å²) in [6, 6.07) is 3.68. The van der Waals surface area contributed by atoms with Gasteiger partial charge in [0, 0.05) is 0 Å². The van der Waals surface area contributed by atoms with Crippen LogP contribution in [0.5, 0.6) is 0 Å². The summed E-state index contributed by atoms with van der Waals surface area (Å²) < 4.78 is 17.5. The molecule has 2 rings (SSSR count). The second-order valence-corrected chi connectivity index (χ2v) is 4.62. The molecule has 1 N–H and O–H groups in total. The van der Waals surface area contributed by atoms with Gasteiger partial charge in [-0.1, -0.05) is 6.07 Å². The molecule has 0 aliphatic carbocycles. The number of nitrogens with zero attached hydrogens (tertiary/aromatic N) is 2. The van der Waals surface area contributed by atoms with Gasteiger partial charge in [-0.15, -0.1) is 0 Å². The first-order valence-electron chi connectivity index (χ1n) is 5.93. The minimum Gasteiger partial charge on any atom is -0.466 e. The van der Waals surface area contributed by atoms with Gasteiger partial charge in [0.05, 0.1) is 37.7 Å². The molecule has 110 valence electrons. The van der Waals surface area contributed by atoms with Crippen LogP contribution >= 0.6 is 11.7 Å². The number of methoxy groups -OCH3 is 2. The quantitative estimate of drug-likeness (QED) is 0.678. The van der Waals surface area contributed by atoms with E-state index >= 15 is 0 Å². The molecule has 0 saturated carbocycles. The molecule has 1 aromatic carbocycles. The first-order valence-corrected chi connectivity index (χ1v) is 6.66. The van der Waals surface area contributed by atoms with Crippen molar-refractivity contribution in [3.05, 3.63) is 29.5 Å². The molecular weight excluding hydrogens is 294 g/mol.